The maximum atomic E-state index is 13.5. The van der Waals surface area contributed by atoms with Crippen LogP contribution in [0.1, 0.15) is 39.7 Å². The normalized spacial score (nSPS) is 15.7. The number of likely N-dealkylation sites (N-methyl/N-ethyl adjacent to an activating group) is 1. The summed E-state index contributed by atoms with van der Waals surface area (Å²) in [5.74, 6) is -7.08. The van der Waals surface area contributed by atoms with Crippen LogP contribution in [0.15, 0.2) is 53.4 Å². The minimum Gasteiger partial charge on any atom is -0.480 e. The first-order valence-electron chi connectivity index (χ1n) is 20.1. The van der Waals surface area contributed by atoms with Gasteiger partial charge in [-0.05, 0) is 76.1 Å². The molecule has 1 heterocycles. The lowest BCUT2D eigenvalue weighted by Crippen LogP contribution is -2.54. The van der Waals surface area contributed by atoms with Gasteiger partial charge in [0.2, 0.25) is 17.7 Å². The summed E-state index contributed by atoms with van der Waals surface area (Å²) >= 11 is 0.986. The van der Waals surface area contributed by atoms with Crippen molar-refractivity contribution in [2.24, 2.45) is 0 Å². The summed E-state index contributed by atoms with van der Waals surface area (Å²) in [5, 5.41) is 51.2. The smallest absolute Gasteiger partial charge is 0.408 e. The monoisotopic (exact) mass is 969 g/mol. The second kappa shape index (κ2) is 24.6. The molecule has 0 bridgehead atoms. The summed E-state index contributed by atoms with van der Waals surface area (Å²) in [4.78, 5) is 106. The molecular formula is C40H55N7O17S2. The number of imide groups is 1. The molecule has 2 unspecified atom stereocenters. The molecule has 66 heavy (non-hydrogen) atoms. The number of aliphatic carboxylic acids is 4. The molecule has 4 atom stereocenters. The Morgan fingerprint density at radius 1 is 0.848 bits per heavy atom. The number of sulfonamides is 1. The first-order chi connectivity index (χ1) is 30.8. The van der Waals surface area contributed by atoms with Gasteiger partial charge in [-0.25, -0.2) is 23.0 Å². The summed E-state index contributed by atoms with van der Waals surface area (Å²) in [6.07, 6.45) is -1.05. The number of benzene rings is 2. The van der Waals surface area contributed by atoms with Crippen LogP contribution in [0.3, 0.4) is 0 Å². The molecule has 0 spiro atoms. The van der Waals surface area contributed by atoms with Crippen molar-refractivity contribution >= 4 is 80.9 Å². The summed E-state index contributed by atoms with van der Waals surface area (Å²) in [7, 11) is -2.89. The van der Waals surface area contributed by atoms with E-state index in [0.29, 0.717) is 5.56 Å². The van der Waals surface area contributed by atoms with Gasteiger partial charge in [-0.15, -0.1) is 11.8 Å². The van der Waals surface area contributed by atoms with Crippen molar-refractivity contribution in [3.63, 3.8) is 0 Å². The number of ether oxygens (including phenoxy) is 1. The Balaban J connectivity index is 1.78. The van der Waals surface area contributed by atoms with Gasteiger partial charge >= 0.3 is 30.0 Å². The average molecular weight is 970 g/mol. The van der Waals surface area contributed by atoms with E-state index in [4.69, 9.17) is 4.74 Å². The highest BCUT2D eigenvalue weighted by Crippen LogP contribution is 2.31. The van der Waals surface area contributed by atoms with Crippen LogP contribution in [0, 0.1) is 0 Å². The molecule has 8 N–H and O–H groups in total. The lowest BCUT2D eigenvalue weighted by atomic mass is 10.0. The van der Waals surface area contributed by atoms with Crippen molar-refractivity contribution in [1.29, 1.82) is 0 Å². The summed E-state index contributed by atoms with van der Waals surface area (Å²) in [6.45, 7) is 2.86. The molecule has 1 aliphatic rings. The van der Waals surface area contributed by atoms with E-state index < -0.39 is 120 Å². The predicted molar refractivity (Wildman–Crippen MR) is 235 cm³/mol. The third kappa shape index (κ3) is 17.5. The van der Waals surface area contributed by atoms with Crippen molar-refractivity contribution in [3.05, 3.63) is 54.1 Å². The molecule has 0 aliphatic carbocycles. The number of hydrogen-bond acceptors (Lipinski definition) is 17. The molecule has 0 radical (unpaired) electrons. The summed E-state index contributed by atoms with van der Waals surface area (Å²) < 4.78 is 34.6. The number of carboxylic acid groups (broad SMARTS) is 4. The van der Waals surface area contributed by atoms with Crippen LogP contribution >= 0.6 is 11.8 Å². The SMILES string of the molecule is CNC(=O)C(CSC1CC(=O)N(c2ccc(S(=O)(=O)Nc3ccc(C[C@H](CN(CC(=O)O)CC(=O)O)N(COO)[C@@H](C)CN(CC(=O)O)CC(=O)O)cc3)cc2)C1=O)NC(=O)OC(C)(C)C. The molecule has 24 nitrogen and oxygen atoms in total. The number of nitrogens with one attached hydrogen (secondary N) is 3. The van der Waals surface area contributed by atoms with E-state index in [1.807, 2.05) is 0 Å². The van der Waals surface area contributed by atoms with E-state index in [1.165, 1.54) is 60.5 Å². The Bertz CT molecular complexity index is 2140. The molecular weight excluding hydrogens is 915 g/mol. The molecule has 1 fully saturated rings. The van der Waals surface area contributed by atoms with E-state index in [1.54, 1.807) is 27.7 Å². The molecule has 26 heteroatoms. The van der Waals surface area contributed by atoms with Crippen LogP contribution < -0.4 is 20.3 Å². The van der Waals surface area contributed by atoms with Crippen LogP contribution in [0.2, 0.25) is 0 Å². The van der Waals surface area contributed by atoms with Gasteiger partial charge in [0.25, 0.3) is 10.0 Å². The van der Waals surface area contributed by atoms with E-state index in [-0.39, 0.29) is 48.0 Å². The van der Waals surface area contributed by atoms with Crippen LogP contribution in [-0.4, -0.2) is 184 Å². The van der Waals surface area contributed by atoms with Crippen LogP contribution in [0.4, 0.5) is 16.2 Å². The lowest BCUT2D eigenvalue weighted by Gasteiger charge is -2.39. The van der Waals surface area contributed by atoms with Crippen molar-refractivity contribution in [1.82, 2.24) is 25.3 Å². The molecule has 2 aromatic rings. The maximum Gasteiger partial charge on any atom is 0.408 e. The minimum absolute atomic E-state index is 0.0146. The fourth-order valence-corrected chi connectivity index (χ4v) is 9.08. The number of carbonyl (C=O) groups is 8. The van der Waals surface area contributed by atoms with Crippen molar-refractivity contribution < 1.29 is 82.1 Å². The summed E-state index contributed by atoms with van der Waals surface area (Å²) in [6, 6.07) is 8.13. The van der Waals surface area contributed by atoms with Crippen molar-refractivity contribution in [3.8, 4) is 0 Å². The first-order valence-corrected chi connectivity index (χ1v) is 22.6. The number of rotatable bonds is 27. The van der Waals surface area contributed by atoms with Crippen molar-refractivity contribution in [2.45, 2.75) is 74.4 Å². The highest BCUT2D eigenvalue weighted by atomic mass is 32.2. The van der Waals surface area contributed by atoms with E-state index in [0.717, 1.165) is 26.5 Å². The minimum atomic E-state index is -4.26. The number of amides is 4. The Morgan fingerprint density at radius 3 is 1.86 bits per heavy atom. The van der Waals surface area contributed by atoms with Gasteiger partial charge in [-0.2, -0.15) is 0 Å². The lowest BCUT2D eigenvalue weighted by molar-refractivity contribution is -0.277. The molecule has 0 aromatic heterocycles. The molecule has 1 saturated heterocycles. The average Bonchev–Trinajstić information content (AvgIpc) is 3.48. The maximum absolute atomic E-state index is 13.5. The van der Waals surface area contributed by atoms with Gasteiger partial charge in [0, 0.05) is 50.1 Å². The van der Waals surface area contributed by atoms with E-state index in [2.05, 4.69) is 20.2 Å². The number of hydrogen-bond donors (Lipinski definition) is 8. The second-order valence-electron chi connectivity index (χ2n) is 16.1. The zero-order valence-corrected chi connectivity index (χ0v) is 38.4. The van der Waals surface area contributed by atoms with Crippen LogP contribution in [0.25, 0.3) is 0 Å². The number of carbonyl (C=O) groups excluding carboxylic acids is 4. The number of nitrogens with zero attached hydrogens (tertiary/aromatic N) is 4. The molecule has 2 aromatic carbocycles. The standard InChI is InChI=1S/C40H55N7O17S2/c1-24(16-44(18-33(49)50)19-34(51)52)46(23-63-60)28(17-45(20-35(53)54)21-36(55)56)14-25-6-8-26(9-7-25)43-66(61,62)29-12-10-27(11-13-29)47-32(48)15-31(38(47)58)65-22-30(37(57)41-5)42-39(59)64-40(2,3)4/h6-13,24,28,30-31,43,60H,14-23H2,1-5H3,(H,41,57)(H,42,59)(H,49,50)(H,51,52)(H,53,54)(H,55,56)/t24-,28+,30?,31?/m0/s1. The largest absolute Gasteiger partial charge is 0.480 e. The van der Waals surface area contributed by atoms with Crippen LogP contribution in [0.5, 0.6) is 0 Å². The van der Waals surface area contributed by atoms with E-state index in [9.17, 15) is 72.5 Å². The quantitative estimate of drug-likeness (QED) is 0.0261. The second-order valence-corrected chi connectivity index (χ2v) is 19.0. The fraction of sp³-hybridized carbons (Fsp3) is 0.500. The molecule has 0 saturated carbocycles. The number of alkyl carbamates (subject to hydrolysis) is 1. The van der Waals surface area contributed by atoms with Gasteiger partial charge in [0.05, 0.1) is 42.0 Å². The zero-order valence-electron chi connectivity index (χ0n) is 36.7. The third-order valence-corrected chi connectivity index (χ3v) is 12.3. The highest BCUT2D eigenvalue weighted by molar-refractivity contribution is 8.00. The third-order valence-electron chi connectivity index (χ3n) is 9.57. The number of thioether (sulfide) groups is 1. The fourth-order valence-electron chi connectivity index (χ4n) is 6.85. The Labute approximate surface area is 384 Å². The summed E-state index contributed by atoms with van der Waals surface area (Å²) in [5.41, 5.74) is -0.126. The zero-order chi connectivity index (χ0) is 49.5. The molecule has 4 amide bonds. The number of anilines is 2. The van der Waals surface area contributed by atoms with Crippen molar-refractivity contribution in [2.75, 3.05) is 68.4 Å². The first kappa shape index (κ1) is 54.4. The van der Waals surface area contributed by atoms with Gasteiger partial charge in [0.15, 0.2) is 0 Å². The van der Waals surface area contributed by atoms with Gasteiger partial charge in [0.1, 0.15) is 18.4 Å². The van der Waals surface area contributed by atoms with Gasteiger partial charge in [-0.3, -0.25) is 58.2 Å². The number of carboxylic acids is 4. The van der Waals surface area contributed by atoms with Gasteiger partial charge < -0.3 is 35.8 Å². The van der Waals surface area contributed by atoms with E-state index >= 15 is 0 Å². The predicted octanol–water partition coefficient (Wildman–Crippen LogP) is 0.483. The molecule has 364 valence electrons. The Kier molecular flexibility index (Phi) is 20.3. The molecule has 3 rings (SSSR count). The highest BCUT2D eigenvalue weighted by Gasteiger charge is 2.41. The van der Waals surface area contributed by atoms with Gasteiger partial charge in [-0.1, -0.05) is 12.1 Å². The molecule has 1 aliphatic heterocycles. The van der Waals surface area contributed by atoms with Crippen LogP contribution in [-0.2, 0) is 59.6 Å². The topological polar surface area (TPSA) is 339 Å². The Morgan fingerprint density at radius 2 is 1.38 bits per heavy atom. The Hall–Kier alpha value is -5.90.